The lowest BCUT2D eigenvalue weighted by molar-refractivity contribution is -0.143. The van der Waals surface area contributed by atoms with Crippen LogP contribution in [0.3, 0.4) is 0 Å². The van der Waals surface area contributed by atoms with Gasteiger partial charge in [-0.2, -0.15) is 31.4 Å². The van der Waals surface area contributed by atoms with Crippen molar-refractivity contribution in [3.05, 3.63) is 101 Å². The van der Waals surface area contributed by atoms with Crippen molar-refractivity contribution >= 4 is 29.1 Å². The maximum Gasteiger partial charge on any atom is 0.416 e. The average molecular weight is 597 g/mol. The quantitative estimate of drug-likeness (QED) is 0.244. The van der Waals surface area contributed by atoms with E-state index in [2.05, 4.69) is 10.00 Å². The minimum atomic E-state index is -5.04. The normalized spacial score (nSPS) is 16.6. The summed E-state index contributed by atoms with van der Waals surface area (Å²) in [5.41, 5.74) is -1.78. The van der Waals surface area contributed by atoms with Gasteiger partial charge in [-0.15, -0.1) is 12.4 Å². The van der Waals surface area contributed by atoms with Gasteiger partial charge in [0.15, 0.2) is 0 Å². The first-order valence-electron chi connectivity index (χ1n) is 12.6. The lowest BCUT2D eigenvalue weighted by atomic mass is 9.97. The SMILES string of the molecule is Cl.Cn1cc(CN2CCN(C(=O)c3cc(C(F)(F)F)cc(C(F)(F)F)c3)C(Cc3ccc4ccccc4c3)C2)cn1. The molecule has 0 aliphatic carbocycles. The van der Waals surface area contributed by atoms with Crippen molar-refractivity contribution < 1.29 is 31.1 Å². The van der Waals surface area contributed by atoms with Gasteiger partial charge in [-0.1, -0.05) is 42.5 Å². The van der Waals surface area contributed by atoms with Crippen LogP contribution in [0.5, 0.6) is 0 Å². The molecular weight excluding hydrogens is 570 g/mol. The summed E-state index contributed by atoms with van der Waals surface area (Å²) in [6.07, 6.45) is -6.09. The predicted molar refractivity (Wildman–Crippen MR) is 145 cm³/mol. The number of amides is 1. The van der Waals surface area contributed by atoms with Gasteiger partial charge in [-0.3, -0.25) is 14.4 Å². The van der Waals surface area contributed by atoms with Gasteiger partial charge in [0.2, 0.25) is 0 Å². The van der Waals surface area contributed by atoms with Crippen LogP contribution >= 0.6 is 12.4 Å². The zero-order valence-electron chi connectivity index (χ0n) is 21.9. The van der Waals surface area contributed by atoms with E-state index >= 15 is 0 Å². The van der Waals surface area contributed by atoms with Crippen molar-refractivity contribution in [2.45, 2.75) is 31.4 Å². The Balaban J connectivity index is 0.00000387. The maximum atomic E-state index is 13.6. The number of halogens is 7. The van der Waals surface area contributed by atoms with E-state index in [0.717, 1.165) is 21.9 Å². The zero-order chi connectivity index (χ0) is 28.7. The van der Waals surface area contributed by atoms with E-state index in [1.807, 2.05) is 48.7 Å². The first-order chi connectivity index (χ1) is 18.9. The molecule has 1 aliphatic rings. The van der Waals surface area contributed by atoms with Gasteiger partial charge >= 0.3 is 12.4 Å². The molecule has 5 nitrogen and oxygen atoms in total. The van der Waals surface area contributed by atoms with Gasteiger partial charge in [-0.05, 0) is 41.0 Å². The summed E-state index contributed by atoms with van der Waals surface area (Å²) >= 11 is 0. The van der Waals surface area contributed by atoms with Gasteiger partial charge in [-0.25, -0.2) is 0 Å². The lowest BCUT2D eigenvalue weighted by Gasteiger charge is -2.41. The van der Waals surface area contributed by atoms with E-state index in [1.54, 1.807) is 17.9 Å². The van der Waals surface area contributed by atoms with Gasteiger partial charge in [0, 0.05) is 56.6 Å². The van der Waals surface area contributed by atoms with E-state index in [0.29, 0.717) is 38.2 Å². The summed E-state index contributed by atoms with van der Waals surface area (Å²) in [7, 11) is 1.80. The molecule has 0 N–H and O–H groups in total. The van der Waals surface area contributed by atoms with Crippen LogP contribution in [0, 0.1) is 0 Å². The summed E-state index contributed by atoms with van der Waals surface area (Å²) < 4.78 is 82.6. The smallest absolute Gasteiger partial charge is 0.333 e. The molecule has 1 unspecified atom stereocenters. The molecule has 5 rings (SSSR count). The van der Waals surface area contributed by atoms with Crippen molar-refractivity contribution in [2.75, 3.05) is 19.6 Å². The number of rotatable bonds is 5. The molecule has 0 radical (unpaired) electrons. The fourth-order valence-corrected chi connectivity index (χ4v) is 5.20. The van der Waals surface area contributed by atoms with Crippen molar-refractivity contribution in [3.8, 4) is 0 Å². The standard InChI is InChI=1S/C29H26F6N4O.ClH/c1-37-16-20(15-36-37)17-38-8-9-39(26(18-38)11-19-6-7-21-4-2-3-5-22(21)10-19)27(40)23-12-24(28(30,31)32)14-25(13-23)29(33,34)35;/h2-7,10,12-16,26H,8-9,11,17-18H2,1H3;1H. The summed E-state index contributed by atoms with van der Waals surface area (Å²) in [6.45, 7) is 1.49. The predicted octanol–water partition coefficient (Wildman–Crippen LogP) is 6.60. The molecule has 4 aromatic rings. The molecular formula is C29H27ClF6N4O. The highest BCUT2D eigenvalue weighted by atomic mass is 35.5. The molecule has 1 aromatic heterocycles. The number of hydrogen-bond acceptors (Lipinski definition) is 3. The number of fused-ring (bicyclic) bond motifs is 1. The Morgan fingerprint density at radius 2 is 1.54 bits per heavy atom. The minimum absolute atomic E-state index is 0. The summed E-state index contributed by atoms with van der Waals surface area (Å²) in [5, 5.41) is 6.20. The second kappa shape index (κ2) is 11.7. The van der Waals surface area contributed by atoms with E-state index < -0.39 is 41.0 Å². The van der Waals surface area contributed by atoms with Gasteiger partial charge in [0.05, 0.1) is 17.3 Å². The van der Waals surface area contributed by atoms with Crippen molar-refractivity contribution in [2.24, 2.45) is 7.05 Å². The Kier molecular flexibility index (Phi) is 8.70. The molecule has 1 fully saturated rings. The fraction of sp³-hybridized carbons (Fsp3) is 0.310. The number of alkyl halides is 6. The molecule has 1 aliphatic heterocycles. The molecule has 0 spiro atoms. The Labute approximate surface area is 238 Å². The number of piperazine rings is 1. The second-order valence-corrected chi connectivity index (χ2v) is 10.1. The molecule has 12 heteroatoms. The Morgan fingerprint density at radius 1 is 0.878 bits per heavy atom. The highest BCUT2D eigenvalue weighted by molar-refractivity contribution is 5.95. The van der Waals surface area contributed by atoms with Gasteiger partial charge in [0.1, 0.15) is 0 Å². The van der Waals surface area contributed by atoms with E-state index in [1.165, 1.54) is 4.90 Å². The third kappa shape index (κ3) is 7.02. The number of carbonyl (C=O) groups excluding carboxylic acids is 1. The number of hydrogen-bond donors (Lipinski definition) is 0. The summed E-state index contributed by atoms with van der Waals surface area (Å²) in [6, 6.07) is 14.2. The Morgan fingerprint density at radius 3 is 2.15 bits per heavy atom. The molecule has 1 amide bonds. The van der Waals surface area contributed by atoms with Crippen molar-refractivity contribution in [3.63, 3.8) is 0 Å². The van der Waals surface area contributed by atoms with Crippen LogP contribution in [0.1, 0.15) is 32.6 Å². The fourth-order valence-electron chi connectivity index (χ4n) is 5.20. The molecule has 2 heterocycles. The van der Waals surface area contributed by atoms with Crippen molar-refractivity contribution in [1.82, 2.24) is 19.6 Å². The molecule has 3 aromatic carbocycles. The second-order valence-electron chi connectivity index (χ2n) is 10.1. The van der Waals surface area contributed by atoms with Crippen LogP contribution in [-0.2, 0) is 32.4 Å². The topological polar surface area (TPSA) is 41.4 Å². The molecule has 1 atom stereocenters. The molecule has 0 saturated carbocycles. The van der Waals surface area contributed by atoms with Crippen LogP contribution in [0.15, 0.2) is 73.1 Å². The molecule has 0 bridgehead atoms. The first-order valence-corrected chi connectivity index (χ1v) is 12.6. The highest BCUT2D eigenvalue weighted by Gasteiger charge is 2.39. The number of aryl methyl sites for hydroxylation is 1. The van der Waals surface area contributed by atoms with Crippen LogP contribution < -0.4 is 0 Å². The maximum absolute atomic E-state index is 13.6. The molecule has 1 saturated heterocycles. The highest BCUT2D eigenvalue weighted by Crippen LogP contribution is 2.37. The van der Waals surface area contributed by atoms with Gasteiger partial charge < -0.3 is 4.90 Å². The van der Waals surface area contributed by atoms with Gasteiger partial charge in [0.25, 0.3) is 5.91 Å². The lowest BCUT2D eigenvalue weighted by Crippen LogP contribution is -2.55. The summed E-state index contributed by atoms with van der Waals surface area (Å²) in [5.74, 6) is -0.858. The third-order valence-electron chi connectivity index (χ3n) is 7.11. The average Bonchev–Trinajstić information content (AvgIpc) is 3.31. The number of carbonyl (C=O) groups is 1. The molecule has 218 valence electrons. The number of nitrogens with zero attached hydrogens (tertiary/aromatic N) is 4. The van der Waals surface area contributed by atoms with Crippen LogP contribution in [0.4, 0.5) is 26.3 Å². The van der Waals surface area contributed by atoms with Crippen LogP contribution in [0.2, 0.25) is 0 Å². The number of benzene rings is 3. The number of aromatic nitrogens is 2. The largest absolute Gasteiger partial charge is 0.416 e. The van der Waals surface area contributed by atoms with Crippen LogP contribution in [-0.4, -0.2) is 51.2 Å². The Hall–Kier alpha value is -3.57. The minimum Gasteiger partial charge on any atom is -0.333 e. The summed E-state index contributed by atoms with van der Waals surface area (Å²) in [4.78, 5) is 17.1. The van der Waals surface area contributed by atoms with E-state index in [4.69, 9.17) is 0 Å². The zero-order valence-corrected chi connectivity index (χ0v) is 22.7. The van der Waals surface area contributed by atoms with Crippen LogP contribution in [0.25, 0.3) is 10.8 Å². The van der Waals surface area contributed by atoms with Crippen molar-refractivity contribution in [1.29, 1.82) is 0 Å². The molecule has 41 heavy (non-hydrogen) atoms. The van der Waals surface area contributed by atoms with E-state index in [-0.39, 0.29) is 25.0 Å². The van der Waals surface area contributed by atoms with E-state index in [9.17, 15) is 31.1 Å². The third-order valence-corrected chi connectivity index (χ3v) is 7.11. The monoisotopic (exact) mass is 596 g/mol. The first kappa shape index (κ1) is 30.4. The Bertz CT molecular complexity index is 1500.